The molecule has 13 nitrogen and oxygen atoms in total. The average molecular weight is 702 g/mol. The Kier molecular flexibility index (Phi) is 10.0. The third-order valence-electron chi connectivity index (χ3n) is 11.4. The minimum atomic E-state index is -1.00. The second kappa shape index (κ2) is 14.8. The summed E-state index contributed by atoms with van der Waals surface area (Å²) < 4.78 is 25.5. The van der Waals surface area contributed by atoms with Gasteiger partial charge in [0.05, 0.1) is 11.6 Å². The summed E-state index contributed by atoms with van der Waals surface area (Å²) in [5.41, 5.74) is 7.97. The van der Waals surface area contributed by atoms with Gasteiger partial charge in [-0.3, -0.25) is 14.4 Å². The lowest BCUT2D eigenvalue weighted by atomic mass is 9.75. The summed E-state index contributed by atoms with van der Waals surface area (Å²) in [4.78, 5) is 58.0. The number of H-pyrrole nitrogens is 1. The Morgan fingerprint density at radius 3 is 2.49 bits per heavy atom. The molecular formula is C37H44FN7O6. The molecule has 3 amide bonds. The molecule has 2 aromatic carbocycles. The lowest BCUT2D eigenvalue weighted by Gasteiger charge is -2.37. The fraction of sp³-hybridized carbons (Fsp3) is 0.514. The Balaban J connectivity index is 1.08. The second-order valence-corrected chi connectivity index (χ2v) is 14.2. The maximum atomic E-state index is 14.3. The summed E-state index contributed by atoms with van der Waals surface area (Å²) in [6.45, 7) is -0.332. The van der Waals surface area contributed by atoms with Crippen LogP contribution in [0, 0.1) is 23.7 Å². The molecular weight excluding hydrogens is 657 g/mol. The van der Waals surface area contributed by atoms with Crippen LogP contribution in [0.15, 0.2) is 48.5 Å². The van der Waals surface area contributed by atoms with Crippen LogP contribution < -0.4 is 11.1 Å². The SMILES string of the molecule is CO[C@H]1CC[C@H]([C@@H]2CCN(C(=O)C3CCC([C@@H](CF)OC(N)=O)CC3)[C@@H]2C(=O)Nc2ccc3[nH]c(C(=O)n4nnc5ccccc54)cc3c2)CC1. The third kappa shape index (κ3) is 7.06. The Hall–Kier alpha value is -4.85. The van der Waals surface area contributed by atoms with Gasteiger partial charge in [-0.1, -0.05) is 17.3 Å². The number of ether oxygens (including phenoxy) is 2. The van der Waals surface area contributed by atoms with Crippen LogP contribution in [0.1, 0.15) is 68.3 Å². The number of aromatic nitrogens is 4. The molecule has 270 valence electrons. The highest BCUT2D eigenvalue weighted by Gasteiger charge is 2.47. The van der Waals surface area contributed by atoms with Crippen molar-refractivity contribution in [3.05, 3.63) is 54.2 Å². The highest BCUT2D eigenvalue weighted by molar-refractivity contribution is 6.04. The fourth-order valence-electron chi connectivity index (χ4n) is 8.70. The molecule has 1 saturated heterocycles. The van der Waals surface area contributed by atoms with Crippen molar-refractivity contribution in [2.75, 3.05) is 25.6 Å². The van der Waals surface area contributed by atoms with Crippen molar-refractivity contribution < 1.29 is 33.0 Å². The number of methoxy groups -OCH3 is 1. The molecule has 4 N–H and O–H groups in total. The third-order valence-corrected chi connectivity index (χ3v) is 11.4. The van der Waals surface area contributed by atoms with E-state index in [1.807, 2.05) is 24.3 Å². The van der Waals surface area contributed by atoms with Gasteiger partial charge >= 0.3 is 6.09 Å². The number of likely N-dealkylation sites (tertiary alicyclic amines) is 1. The summed E-state index contributed by atoms with van der Waals surface area (Å²) in [7, 11) is 1.73. The zero-order chi connectivity index (χ0) is 35.6. The number of benzene rings is 2. The van der Waals surface area contributed by atoms with Crippen molar-refractivity contribution in [3.8, 4) is 0 Å². The molecule has 0 spiro atoms. The molecule has 3 aliphatic rings. The first kappa shape index (κ1) is 34.6. The number of anilines is 1. The number of amides is 3. The van der Waals surface area contributed by atoms with Crippen LogP contribution in [0.25, 0.3) is 21.9 Å². The molecule has 3 atom stereocenters. The number of nitrogens with two attached hydrogens (primary N) is 1. The summed E-state index contributed by atoms with van der Waals surface area (Å²) >= 11 is 0. The van der Waals surface area contributed by atoms with Crippen molar-refractivity contribution in [2.24, 2.45) is 29.4 Å². The highest BCUT2D eigenvalue weighted by atomic mass is 19.1. The van der Waals surface area contributed by atoms with Crippen molar-refractivity contribution in [2.45, 2.75) is 76.0 Å². The van der Waals surface area contributed by atoms with E-state index in [-0.39, 0.29) is 47.5 Å². The van der Waals surface area contributed by atoms with E-state index in [2.05, 4.69) is 20.6 Å². The first-order valence-electron chi connectivity index (χ1n) is 17.9. The number of rotatable bonds is 9. The van der Waals surface area contributed by atoms with Crippen molar-refractivity contribution in [1.82, 2.24) is 24.9 Å². The number of hydrogen-bond acceptors (Lipinski definition) is 8. The number of halogens is 1. The molecule has 2 aromatic heterocycles. The van der Waals surface area contributed by atoms with E-state index in [0.717, 1.165) is 43.0 Å². The van der Waals surface area contributed by atoms with E-state index in [1.54, 1.807) is 36.3 Å². The molecule has 2 saturated carbocycles. The predicted molar refractivity (Wildman–Crippen MR) is 186 cm³/mol. The largest absolute Gasteiger partial charge is 0.443 e. The van der Waals surface area contributed by atoms with Gasteiger partial charge in [0.25, 0.3) is 5.91 Å². The average Bonchev–Trinajstić information content (AvgIpc) is 3.90. The molecule has 0 unspecified atom stereocenters. The van der Waals surface area contributed by atoms with Gasteiger partial charge < -0.3 is 30.4 Å². The molecule has 7 rings (SSSR count). The molecule has 1 aliphatic heterocycles. The number of nitrogens with one attached hydrogen (secondary N) is 2. The van der Waals surface area contributed by atoms with Crippen LogP contribution in [0.2, 0.25) is 0 Å². The van der Waals surface area contributed by atoms with Gasteiger partial charge in [-0.15, -0.1) is 5.10 Å². The zero-order valence-electron chi connectivity index (χ0n) is 28.6. The van der Waals surface area contributed by atoms with E-state index in [9.17, 15) is 23.6 Å². The molecule has 3 heterocycles. The van der Waals surface area contributed by atoms with Crippen LogP contribution in [-0.2, 0) is 19.1 Å². The number of hydrogen-bond donors (Lipinski definition) is 3. The minimum Gasteiger partial charge on any atom is -0.443 e. The Bertz CT molecular complexity index is 1910. The molecule has 0 radical (unpaired) electrons. The first-order chi connectivity index (χ1) is 24.7. The number of aromatic amines is 1. The van der Waals surface area contributed by atoms with Crippen LogP contribution >= 0.6 is 0 Å². The fourth-order valence-corrected chi connectivity index (χ4v) is 8.70. The number of nitrogens with zero attached hydrogens (tertiary/aromatic N) is 4. The molecule has 14 heteroatoms. The normalized spacial score (nSPS) is 25.9. The predicted octanol–water partition coefficient (Wildman–Crippen LogP) is 5.20. The van der Waals surface area contributed by atoms with E-state index in [1.165, 1.54) is 4.68 Å². The smallest absolute Gasteiger partial charge is 0.404 e. The van der Waals surface area contributed by atoms with E-state index in [0.29, 0.717) is 54.6 Å². The van der Waals surface area contributed by atoms with Crippen molar-refractivity contribution in [1.29, 1.82) is 0 Å². The monoisotopic (exact) mass is 701 g/mol. The number of carbonyl (C=O) groups excluding carboxylic acids is 4. The number of para-hydroxylation sites is 1. The molecule has 4 aromatic rings. The first-order valence-corrected chi connectivity index (χ1v) is 17.9. The van der Waals surface area contributed by atoms with Gasteiger partial charge in [-0.05, 0) is 112 Å². The maximum Gasteiger partial charge on any atom is 0.404 e. The van der Waals surface area contributed by atoms with Gasteiger partial charge in [0.2, 0.25) is 11.8 Å². The number of primary amides is 1. The van der Waals surface area contributed by atoms with Gasteiger partial charge in [0, 0.05) is 36.2 Å². The minimum absolute atomic E-state index is 0.000645. The van der Waals surface area contributed by atoms with Crippen molar-refractivity contribution in [3.63, 3.8) is 0 Å². The quantitative estimate of drug-likeness (QED) is 0.213. The molecule has 3 fully saturated rings. The number of carbonyl (C=O) groups is 4. The second-order valence-electron chi connectivity index (χ2n) is 14.2. The standard InChI is InChI=1S/C37H44FN7O6/c1-50-26-13-10-21(11-14-26)27-16-17-44(35(47)23-8-6-22(7-9-23)32(20-38)51-37(39)49)33(27)34(46)40-25-12-15-28-24(18-25)19-30(41-28)36(48)45-31-5-3-2-4-29(31)42-43-45/h2-5,12,15,18-19,21-23,26-27,32-33,41H,6-11,13-14,16-17,20H2,1H3,(H2,39,49)(H,40,46)/t21-,22?,23?,26-,27-,32+,33-/m0/s1. The number of alkyl halides is 1. The van der Waals surface area contributed by atoms with Gasteiger partial charge in [-0.25, -0.2) is 9.18 Å². The number of fused-ring (bicyclic) bond motifs is 2. The highest BCUT2D eigenvalue weighted by Crippen LogP contribution is 2.42. The zero-order valence-corrected chi connectivity index (χ0v) is 28.6. The van der Waals surface area contributed by atoms with Crippen LogP contribution in [0.3, 0.4) is 0 Å². The van der Waals surface area contributed by atoms with Crippen LogP contribution in [0.5, 0.6) is 0 Å². The van der Waals surface area contributed by atoms with Gasteiger partial charge in [0.15, 0.2) is 0 Å². The Morgan fingerprint density at radius 2 is 1.76 bits per heavy atom. The Labute approximate surface area is 294 Å². The molecule has 0 bridgehead atoms. The van der Waals surface area contributed by atoms with Crippen LogP contribution in [0.4, 0.5) is 14.9 Å². The maximum absolute atomic E-state index is 14.3. The topological polar surface area (TPSA) is 175 Å². The lowest BCUT2D eigenvalue weighted by molar-refractivity contribution is -0.142. The van der Waals surface area contributed by atoms with E-state index < -0.39 is 24.9 Å². The lowest BCUT2D eigenvalue weighted by Crippen LogP contribution is -2.50. The van der Waals surface area contributed by atoms with Crippen LogP contribution in [-0.4, -0.2) is 87.3 Å². The van der Waals surface area contributed by atoms with Crippen molar-refractivity contribution >= 4 is 51.4 Å². The summed E-state index contributed by atoms with van der Waals surface area (Å²) in [5.74, 6) is -0.872. The summed E-state index contributed by atoms with van der Waals surface area (Å²) in [5, 5.41) is 12.0. The summed E-state index contributed by atoms with van der Waals surface area (Å²) in [6, 6.07) is 13.7. The van der Waals surface area contributed by atoms with E-state index >= 15 is 0 Å². The molecule has 2 aliphatic carbocycles. The Morgan fingerprint density at radius 1 is 1.00 bits per heavy atom. The molecule has 51 heavy (non-hydrogen) atoms. The van der Waals surface area contributed by atoms with E-state index in [4.69, 9.17) is 15.2 Å². The van der Waals surface area contributed by atoms with Gasteiger partial charge in [0.1, 0.15) is 30.0 Å². The van der Waals surface area contributed by atoms with Gasteiger partial charge in [-0.2, -0.15) is 4.68 Å². The summed E-state index contributed by atoms with van der Waals surface area (Å²) in [6.07, 6.45) is 4.82.